The van der Waals surface area contributed by atoms with Gasteiger partial charge in [-0.15, -0.1) is 0 Å². The molecule has 17 heavy (non-hydrogen) atoms. The molecule has 0 aromatic carbocycles. The third-order valence-electron chi connectivity index (χ3n) is 2.25. The van der Waals surface area contributed by atoms with Gasteiger partial charge in [0.05, 0.1) is 0 Å². The minimum atomic E-state index is -0.0466. The van der Waals surface area contributed by atoms with Gasteiger partial charge in [0, 0.05) is 38.4 Å². The van der Waals surface area contributed by atoms with E-state index in [1.54, 1.807) is 7.11 Å². The second-order valence-electron chi connectivity index (χ2n) is 3.73. The van der Waals surface area contributed by atoms with Crippen molar-refractivity contribution < 1.29 is 9.47 Å². The number of hydrogen-bond acceptors (Lipinski definition) is 6. The van der Waals surface area contributed by atoms with E-state index in [2.05, 4.69) is 21.6 Å². The number of aromatic nitrogens is 2. The number of methoxy groups -OCH3 is 1. The van der Waals surface area contributed by atoms with E-state index in [1.807, 2.05) is 6.92 Å². The monoisotopic (exact) mass is 259 g/mol. The molecule has 0 aliphatic rings. The van der Waals surface area contributed by atoms with E-state index >= 15 is 0 Å². The summed E-state index contributed by atoms with van der Waals surface area (Å²) in [5, 5.41) is 4.08. The van der Waals surface area contributed by atoms with Gasteiger partial charge in [-0.2, -0.15) is 4.37 Å². The van der Waals surface area contributed by atoms with Gasteiger partial charge in [-0.25, -0.2) is 4.98 Å². The normalized spacial score (nSPS) is 12.6. The van der Waals surface area contributed by atoms with E-state index in [4.69, 9.17) is 9.47 Å². The molecule has 0 fully saturated rings. The molecular weight excluding hydrogens is 238 g/mol. The van der Waals surface area contributed by atoms with Crippen molar-refractivity contribution in [3.63, 3.8) is 0 Å². The average molecular weight is 259 g/mol. The predicted molar refractivity (Wildman–Crippen MR) is 69.5 cm³/mol. The minimum Gasteiger partial charge on any atom is -0.381 e. The third-order valence-corrected chi connectivity index (χ3v) is 2.94. The average Bonchev–Trinajstić information content (AvgIpc) is 2.81. The summed E-state index contributed by atoms with van der Waals surface area (Å²) in [6.07, 6.45) is 2.01. The number of ether oxygens (including phenoxy) is 2. The molecule has 1 unspecified atom stereocenters. The lowest BCUT2D eigenvalue weighted by Gasteiger charge is -2.04. The summed E-state index contributed by atoms with van der Waals surface area (Å²) in [6.45, 7) is 6.54. The van der Waals surface area contributed by atoms with Crippen molar-refractivity contribution in [2.75, 3.05) is 32.2 Å². The molecule has 1 atom stereocenters. The molecule has 6 heteroatoms. The molecule has 0 aliphatic heterocycles. The van der Waals surface area contributed by atoms with E-state index in [1.165, 1.54) is 11.5 Å². The fourth-order valence-electron chi connectivity index (χ4n) is 1.19. The molecule has 0 saturated heterocycles. The first-order valence-corrected chi connectivity index (χ1v) is 6.73. The molecule has 0 aliphatic carbocycles. The molecule has 98 valence electrons. The van der Waals surface area contributed by atoms with Crippen LogP contribution in [-0.4, -0.2) is 36.2 Å². The van der Waals surface area contributed by atoms with E-state index in [0.717, 1.165) is 43.6 Å². The van der Waals surface area contributed by atoms with Gasteiger partial charge in [-0.05, 0) is 19.8 Å². The van der Waals surface area contributed by atoms with Gasteiger partial charge in [0.1, 0.15) is 6.10 Å². The van der Waals surface area contributed by atoms with Gasteiger partial charge < -0.3 is 14.8 Å². The Balaban J connectivity index is 2.16. The molecule has 0 saturated carbocycles. The number of anilines is 1. The Labute approximate surface area is 107 Å². The van der Waals surface area contributed by atoms with E-state index in [0.29, 0.717) is 0 Å². The lowest BCUT2D eigenvalue weighted by Crippen LogP contribution is -2.06. The highest BCUT2D eigenvalue weighted by atomic mass is 32.1. The fourth-order valence-corrected chi connectivity index (χ4v) is 1.86. The number of nitrogens with zero attached hydrogens (tertiary/aromatic N) is 2. The van der Waals surface area contributed by atoms with Gasteiger partial charge in [-0.3, -0.25) is 0 Å². The number of rotatable bonds is 9. The van der Waals surface area contributed by atoms with Crippen LogP contribution in [0.3, 0.4) is 0 Å². The van der Waals surface area contributed by atoms with Crippen LogP contribution >= 0.6 is 11.5 Å². The van der Waals surface area contributed by atoms with Crippen LogP contribution in [0.1, 0.15) is 38.6 Å². The lowest BCUT2D eigenvalue weighted by atomic mass is 10.4. The van der Waals surface area contributed by atoms with Crippen LogP contribution in [0.5, 0.6) is 0 Å². The molecule has 1 aromatic rings. The highest BCUT2D eigenvalue weighted by Crippen LogP contribution is 2.17. The van der Waals surface area contributed by atoms with Crippen molar-refractivity contribution in [3.8, 4) is 0 Å². The molecule has 1 aromatic heterocycles. The maximum Gasteiger partial charge on any atom is 0.202 e. The van der Waals surface area contributed by atoms with Crippen molar-refractivity contribution in [2.45, 2.75) is 32.8 Å². The predicted octanol–water partition coefficient (Wildman–Crippen LogP) is 2.47. The van der Waals surface area contributed by atoms with Crippen LogP contribution in [0.4, 0.5) is 5.13 Å². The second-order valence-corrected chi connectivity index (χ2v) is 4.48. The van der Waals surface area contributed by atoms with Crippen molar-refractivity contribution in [3.05, 3.63) is 5.82 Å². The van der Waals surface area contributed by atoms with Crippen molar-refractivity contribution in [1.29, 1.82) is 0 Å². The second kappa shape index (κ2) is 8.38. The summed E-state index contributed by atoms with van der Waals surface area (Å²) in [7, 11) is 1.66. The zero-order valence-corrected chi connectivity index (χ0v) is 11.5. The quantitative estimate of drug-likeness (QED) is 0.690. The van der Waals surface area contributed by atoms with Crippen molar-refractivity contribution >= 4 is 16.7 Å². The Morgan fingerprint density at radius 1 is 1.41 bits per heavy atom. The first kappa shape index (κ1) is 14.3. The molecule has 1 rings (SSSR count). The van der Waals surface area contributed by atoms with Gasteiger partial charge in [0.25, 0.3) is 0 Å². The largest absolute Gasteiger partial charge is 0.381 e. The highest BCUT2D eigenvalue weighted by Gasteiger charge is 2.10. The van der Waals surface area contributed by atoms with Gasteiger partial charge in [0.2, 0.25) is 5.13 Å². The number of nitrogens with one attached hydrogen (secondary N) is 1. The number of hydrogen-bond donors (Lipinski definition) is 1. The van der Waals surface area contributed by atoms with E-state index < -0.39 is 0 Å². The van der Waals surface area contributed by atoms with Crippen LogP contribution in [0, 0.1) is 0 Å². The summed E-state index contributed by atoms with van der Waals surface area (Å²) in [5.41, 5.74) is 0. The summed E-state index contributed by atoms with van der Waals surface area (Å²) in [4.78, 5) is 4.35. The lowest BCUT2D eigenvalue weighted by molar-refractivity contribution is 0.113. The minimum absolute atomic E-state index is 0.0466. The first-order valence-electron chi connectivity index (χ1n) is 5.96. The van der Waals surface area contributed by atoms with Crippen LogP contribution < -0.4 is 5.32 Å². The van der Waals surface area contributed by atoms with Crippen LogP contribution in [0.15, 0.2) is 0 Å². The molecular formula is C11H21N3O2S. The molecule has 0 spiro atoms. The van der Waals surface area contributed by atoms with Crippen LogP contribution in [0.2, 0.25) is 0 Å². The Bertz CT molecular complexity index is 307. The fraction of sp³-hybridized carbons (Fsp3) is 0.818. The Kier molecular flexibility index (Phi) is 7.07. The van der Waals surface area contributed by atoms with Crippen LogP contribution in [-0.2, 0) is 9.47 Å². The Hall–Kier alpha value is -0.720. The Morgan fingerprint density at radius 2 is 2.24 bits per heavy atom. The zero-order chi connectivity index (χ0) is 12.5. The molecule has 0 amide bonds. The van der Waals surface area contributed by atoms with Crippen molar-refractivity contribution in [2.24, 2.45) is 0 Å². The summed E-state index contributed by atoms with van der Waals surface area (Å²) in [6, 6.07) is 0. The van der Waals surface area contributed by atoms with Gasteiger partial charge in [-0.1, -0.05) is 6.92 Å². The molecule has 1 N–H and O–H groups in total. The SMILES string of the molecule is CCCOCCCNc1nc(C(C)OC)ns1. The molecule has 0 bridgehead atoms. The molecule has 5 nitrogen and oxygen atoms in total. The summed E-state index contributed by atoms with van der Waals surface area (Å²) >= 11 is 1.37. The first-order chi connectivity index (χ1) is 8.27. The van der Waals surface area contributed by atoms with E-state index in [-0.39, 0.29) is 6.10 Å². The summed E-state index contributed by atoms with van der Waals surface area (Å²) in [5.74, 6) is 0.738. The van der Waals surface area contributed by atoms with Crippen LogP contribution in [0.25, 0.3) is 0 Å². The van der Waals surface area contributed by atoms with E-state index in [9.17, 15) is 0 Å². The topological polar surface area (TPSA) is 56.3 Å². The summed E-state index contributed by atoms with van der Waals surface area (Å²) < 4.78 is 14.8. The molecule has 0 radical (unpaired) electrons. The standard InChI is InChI=1S/C11H21N3O2S/c1-4-7-16-8-5-6-12-11-13-10(14-17-11)9(2)15-3/h9H,4-8H2,1-3H3,(H,12,13,14). The van der Waals surface area contributed by atoms with Gasteiger partial charge in [0.15, 0.2) is 5.82 Å². The Morgan fingerprint density at radius 3 is 2.94 bits per heavy atom. The highest BCUT2D eigenvalue weighted by molar-refractivity contribution is 7.09. The third kappa shape index (κ3) is 5.43. The molecule has 1 heterocycles. The zero-order valence-electron chi connectivity index (χ0n) is 10.7. The maximum absolute atomic E-state index is 5.39. The smallest absolute Gasteiger partial charge is 0.202 e. The van der Waals surface area contributed by atoms with Gasteiger partial charge >= 0.3 is 0 Å². The van der Waals surface area contributed by atoms with Crippen molar-refractivity contribution in [1.82, 2.24) is 9.36 Å². The maximum atomic E-state index is 5.39.